The molecule has 0 aliphatic carbocycles. The Labute approximate surface area is 187 Å². The molecule has 2 aromatic rings. The molecule has 1 aromatic heterocycles. The lowest BCUT2D eigenvalue weighted by atomic mass is 10.1. The molecule has 0 radical (unpaired) electrons. The number of piperazine rings is 1. The molecule has 31 heavy (non-hydrogen) atoms. The standard InChI is InChI=1S/C20H20Cl2F3N3O3/c1-3-31-17-14(21)8-12(9-16(17)30-2)19(29)28-6-4-27(5-7-28)18-15(22)10-13(11-26-18)20(23,24)25/h8-11H,3-7H2,1-2H3. The van der Waals surface area contributed by atoms with E-state index in [4.69, 9.17) is 32.7 Å². The number of anilines is 1. The number of pyridine rings is 1. The van der Waals surface area contributed by atoms with Crippen LogP contribution >= 0.6 is 23.2 Å². The molecule has 2 heterocycles. The van der Waals surface area contributed by atoms with E-state index in [-0.39, 0.29) is 21.8 Å². The van der Waals surface area contributed by atoms with E-state index in [2.05, 4.69) is 4.98 Å². The number of halogens is 5. The maximum absolute atomic E-state index is 12.9. The van der Waals surface area contributed by atoms with Crippen molar-refractivity contribution in [2.75, 3.05) is 44.8 Å². The minimum absolute atomic E-state index is 0.0855. The highest BCUT2D eigenvalue weighted by atomic mass is 35.5. The second-order valence-electron chi connectivity index (χ2n) is 6.73. The molecule has 0 spiro atoms. The monoisotopic (exact) mass is 477 g/mol. The fourth-order valence-electron chi connectivity index (χ4n) is 3.25. The predicted octanol–water partition coefficient (Wildman–Crippen LogP) is 4.78. The van der Waals surface area contributed by atoms with Crippen LogP contribution in [0.15, 0.2) is 24.4 Å². The first-order valence-corrected chi connectivity index (χ1v) is 10.2. The van der Waals surface area contributed by atoms with E-state index in [1.54, 1.807) is 15.9 Å². The Morgan fingerprint density at radius 2 is 1.81 bits per heavy atom. The second-order valence-corrected chi connectivity index (χ2v) is 7.54. The molecule has 1 aliphatic heterocycles. The number of nitrogens with zero attached hydrogens (tertiary/aromatic N) is 3. The van der Waals surface area contributed by atoms with Crippen molar-refractivity contribution >= 4 is 34.9 Å². The van der Waals surface area contributed by atoms with Crippen molar-refractivity contribution in [3.63, 3.8) is 0 Å². The summed E-state index contributed by atoms with van der Waals surface area (Å²) in [5, 5.41) is 0.182. The quantitative estimate of drug-likeness (QED) is 0.620. The Balaban J connectivity index is 1.71. The van der Waals surface area contributed by atoms with Gasteiger partial charge in [-0.15, -0.1) is 0 Å². The molecule has 6 nitrogen and oxygen atoms in total. The smallest absolute Gasteiger partial charge is 0.417 e. The van der Waals surface area contributed by atoms with Gasteiger partial charge in [0.15, 0.2) is 11.5 Å². The fraction of sp³-hybridized carbons (Fsp3) is 0.400. The van der Waals surface area contributed by atoms with Crippen LogP contribution in [0.1, 0.15) is 22.8 Å². The maximum atomic E-state index is 12.9. The van der Waals surface area contributed by atoms with Gasteiger partial charge < -0.3 is 19.3 Å². The van der Waals surface area contributed by atoms with E-state index in [0.717, 1.165) is 12.3 Å². The molecule has 0 unspecified atom stereocenters. The molecule has 0 N–H and O–H groups in total. The Hall–Kier alpha value is -2.39. The number of benzene rings is 1. The molecule has 0 bridgehead atoms. The number of methoxy groups -OCH3 is 1. The summed E-state index contributed by atoms with van der Waals surface area (Å²) in [6.45, 7) is 3.62. The third kappa shape index (κ3) is 5.10. The summed E-state index contributed by atoms with van der Waals surface area (Å²) in [4.78, 5) is 20.2. The van der Waals surface area contributed by atoms with Crippen molar-refractivity contribution < 1.29 is 27.4 Å². The Kier molecular flexibility index (Phi) is 7.06. The molecule has 1 amide bonds. The van der Waals surface area contributed by atoms with Crippen molar-refractivity contribution in [1.82, 2.24) is 9.88 Å². The number of alkyl halides is 3. The summed E-state index contributed by atoms with van der Waals surface area (Å²) in [6.07, 6.45) is -3.76. The first-order valence-electron chi connectivity index (χ1n) is 9.43. The second kappa shape index (κ2) is 9.40. The van der Waals surface area contributed by atoms with Crippen LogP contribution in [0, 0.1) is 0 Å². The number of carbonyl (C=O) groups is 1. The van der Waals surface area contributed by atoms with Gasteiger partial charge in [0.1, 0.15) is 5.82 Å². The van der Waals surface area contributed by atoms with Crippen LogP contribution in [0.3, 0.4) is 0 Å². The van der Waals surface area contributed by atoms with Crippen LogP contribution in [0.4, 0.5) is 19.0 Å². The van der Waals surface area contributed by atoms with Gasteiger partial charge in [-0.05, 0) is 25.1 Å². The lowest BCUT2D eigenvalue weighted by Gasteiger charge is -2.36. The zero-order valence-electron chi connectivity index (χ0n) is 16.8. The van der Waals surface area contributed by atoms with Crippen LogP contribution < -0.4 is 14.4 Å². The predicted molar refractivity (Wildman–Crippen MR) is 112 cm³/mol. The van der Waals surface area contributed by atoms with Gasteiger partial charge in [0, 0.05) is 37.9 Å². The highest BCUT2D eigenvalue weighted by Crippen LogP contribution is 2.37. The van der Waals surface area contributed by atoms with Crippen molar-refractivity contribution in [3.05, 3.63) is 45.6 Å². The summed E-state index contributed by atoms with van der Waals surface area (Å²) < 4.78 is 49.2. The van der Waals surface area contributed by atoms with Gasteiger partial charge in [0.05, 0.1) is 29.3 Å². The van der Waals surface area contributed by atoms with E-state index in [1.807, 2.05) is 6.92 Å². The molecule has 1 aromatic carbocycles. The van der Waals surface area contributed by atoms with E-state index >= 15 is 0 Å². The highest BCUT2D eigenvalue weighted by Gasteiger charge is 2.32. The van der Waals surface area contributed by atoms with Crippen LogP contribution in [0.5, 0.6) is 11.5 Å². The first kappa shape index (κ1) is 23.3. The lowest BCUT2D eigenvalue weighted by molar-refractivity contribution is -0.137. The Bertz CT molecular complexity index is 965. The van der Waals surface area contributed by atoms with Gasteiger partial charge in [0.2, 0.25) is 0 Å². The average Bonchev–Trinajstić information content (AvgIpc) is 2.74. The van der Waals surface area contributed by atoms with Gasteiger partial charge in [-0.3, -0.25) is 4.79 Å². The number of rotatable bonds is 5. The fourth-order valence-corrected chi connectivity index (χ4v) is 3.80. The number of aromatic nitrogens is 1. The van der Waals surface area contributed by atoms with E-state index < -0.39 is 11.7 Å². The van der Waals surface area contributed by atoms with Crippen molar-refractivity contribution in [1.29, 1.82) is 0 Å². The topological polar surface area (TPSA) is 54.9 Å². The number of amides is 1. The summed E-state index contributed by atoms with van der Waals surface area (Å²) in [6, 6.07) is 3.95. The molecule has 168 valence electrons. The van der Waals surface area contributed by atoms with Gasteiger partial charge >= 0.3 is 6.18 Å². The molecular formula is C20H20Cl2F3N3O3. The third-order valence-corrected chi connectivity index (χ3v) is 5.34. The summed E-state index contributed by atoms with van der Waals surface area (Å²) >= 11 is 12.3. The number of hydrogen-bond acceptors (Lipinski definition) is 5. The van der Waals surface area contributed by atoms with Gasteiger partial charge in [-0.25, -0.2) is 4.98 Å². The first-order chi connectivity index (χ1) is 14.7. The molecule has 1 aliphatic rings. The summed E-state index contributed by atoms with van der Waals surface area (Å²) in [5.74, 6) is 0.745. The van der Waals surface area contributed by atoms with Crippen molar-refractivity contribution in [3.8, 4) is 11.5 Å². The third-order valence-electron chi connectivity index (χ3n) is 4.78. The van der Waals surface area contributed by atoms with Gasteiger partial charge in [-0.1, -0.05) is 23.2 Å². The normalized spacial score (nSPS) is 14.5. The minimum Gasteiger partial charge on any atom is -0.493 e. The SMILES string of the molecule is CCOc1c(Cl)cc(C(=O)N2CCN(c3ncc(C(F)(F)F)cc3Cl)CC2)cc1OC. The molecule has 3 rings (SSSR count). The van der Waals surface area contributed by atoms with Crippen molar-refractivity contribution in [2.24, 2.45) is 0 Å². The van der Waals surface area contributed by atoms with Crippen LogP contribution in [-0.4, -0.2) is 55.7 Å². The minimum atomic E-state index is -4.51. The van der Waals surface area contributed by atoms with E-state index in [9.17, 15) is 18.0 Å². The van der Waals surface area contributed by atoms with Crippen LogP contribution in [-0.2, 0) is 6.18 Å². The zero-order chi connectivity index (χ0) is 22.8. The Morgan fingerprint density at radius 3 is 2.35 bits per heavy atom. The largest absolute Gasteiger partial charge is 0.493 e. The number of ether oxygens (including phenoxy) is 2. The molecule has 0 saturated carbocycles. The van der Waals surface area contributed by atoms with Crippen molar-refractivity contribution in [2.45, 2.75) is 13.1 Å². The maximum Gasteiger partial charge on any atom is 0.417 e. The summed E-state index contributed by atoms with van der Waals surface area (Å²) in [7, 11) is 1.46. The summed E-state index contributed by atoms with van der Waals surface area (Å²) in [5.41, 5.74) is -0.555. The number of hydrogen-bond donors (Lipinski definition) is 0. The van der Waals surface area contributed by atoms with E-state index in [0.29, 0.717) is 49.8 Å². The lowest BCUT2D eigenvalue weighted by Crippen LogP contribution is -2.49. The highest BCUT2D eigenvalue weighted by molar-refractivity contribution is 6.33. The average molecular weight is 478 g/mol. The van der Waals surface area contributed by atoms with Gasteiger partial charge in [-0.2, -0.15) is 13.2 Å². The molecule has 0 atom stereocenters. The molecule has 1 fully saturated rings. The zero-order valence-corrected chi connectivity index (χ0v) is 18.3. The Morgan fingerprint density at radius 1 is 1.13 bits per heavy atom. The van der Waals surface area contributed by atoms with Crippen LogP contribution in [0.2, 0.25) is 10.0 Å². The molecule has 1 saturated heterocycles. The van der Waals surface area contributed by atoms with Crippen LogP contribution in [0.25, 0.3) is 0 Å². The molecule has 11 heteroatoms. The number of carbonyl (C=O) groups excluding carboxylic acids is 1. The molecular weight excluding hydrogens is 458 g/mol. The van der Waals surface area contributed by atoms with Gasteiger partial charge in [0.25, 0.3) is 5.91 Å². The van der Waals surface area contributed by atoms with E-state index in [1.165, 1.54) is 13.2 Å².